The lowest BCUT2D eigenvalue weighted by Gasteiger charge is -2.38. The number of ether oxygens (including phenoxy) is 10. The second-order valence-electron chi connectivity index (χ2n) is 27.6. The van der Waals surface area contributed by atoms with Gasteiger partial charge in [-0.1, -0.05) is 169 Å². The first-order valence-corrected chi connectivity index (χ1v) is 44.7. The number of carbonyl (C=O) groups excluding carboxylic acids is 4. The van der Waals surface area contributed by atoms with Crippen molar-refractivity contribution in [2.24, 2.45) is 11.8 Å². The van der Waals surface area contributed by atoms with Crippen LogP contribution in [-0.2, 0) is 62.5 Å². The molecule has 0 unspecified atom stereocenters. The van der Waals surface area contributed by atoms with Gasteiger partial charge in [-0.15, -0.1) is 0 Å². The summed E-state index contributed by atoms with van der Waals surface area (Å²) in [7, 11) is -9.30. The van der Waals surface area contributed by atoms with Crippen molar-refractivity contribution in [2.75, 3.05) is 92.5 Å². The van der Waals surface area contributed by atoms with Crippen LogP contribution in [-0.4, -0.2) is 149 Å². The third-order valence-electron chi connectivity index (χ3n) is 16.0. The predicted molar refractivity (Wildman–Crippen MR) is 367 cm³/mol. The lowest BCUT2D eigenvalue weighted by Crippen LogP contribution is -2.51. The molecule has 0 fully saturated rings. The Morgan fingerprint density at radius 2 is 0.598 bits per heavy atom. The van der Waals surface area contributed by atoms with E-state index < -0.39 is 61.6 Å². The summed E-state index contributed by atoms with van der Waals surface area (Å²) in [5.74, 6) is 1.37. The molecule has 0 atom stereocenters. The maximum absolute atomic E-state index is 12.1. The Bertz CT molecular complexity index is 2250. The molecule has 0 N–H and O–H groups in total. The fourth-order valence-electron chi connectivity index (χ4n) is 9.94. The summed E-state index contributed by atoms with van der Waals surface area (Å²) in [6, 6.07) is 13.8. The van der Waals surface area contributed by atoms with E-state index >= 15 is 0 Å². The molecular weight excluding hydrogens is 1170 g/mol. The van der Waals surface area contributed by atoms with E-state index in [0.717, 1.165) is 74.2 Å². The van der Waals surface area contributed by atoms with Gasteiger partial charge in [0.2, 0.25) is 0 Å². The molecule has 2 aromatic rings. The standard InChI is InChI=1S/C69H116O14Si4/c1-51(2)27-33-78-63-59(84(15,16)43-23-29-74-35-39-80-65(70)53(5)6)47-57(48-60(63)85(17,18)44-24-30-75-36-40-81-66(71)54(7)8)69(13,14)58-49-61(86(19,20)45-25-31-76-37-41-82-67(72)55(9)10)64(79-34-28-52(3)4)62(50-58)87(21,22)46-26-32-77-38-42-83-68(73)56(11)12/h47-52H,5,7,9,11,23-46H2,1-4,6,8,10,12-22H3. The summed E-state index contributed by atoms with van der Waals surface area (Å²) < 4.78 is 60.0. The summed E-state index contributed by atoms with van der Waals surface area (Å²) in [4.78, 5) is 48.3. The highest BCUT2D eigenvalue weighted by molar-refractivity contribution is 6.94. The summed E-state index contributed by atoms with van der Waals surface area (Å²) in [5, 5.41) is 5.28. The summed E-state index contributed by atoms with van der Waals surface area (Å²) in [6.07, 6.45) is 5.21. The smallest absolute Gasteiger partial charge is 0.333 e. The van der Waals surface area contributed by atoms with Crippen LogP contribution in [0, 0.1) is 11.8 Å². The normalized spacial score (nSPS) is 12.3. The second kappa shape index (κ2) is 38.3. The molecule has 0 aromatic heterocycles. The number of hydrogen-bond donors (Lipinski definition) is 0. The van der Waals surface area contributed by atoms with E-state index in [9.17, 15) is 19.2 Å². The average molecular weight is 1280 g/mol. The molecule has 0 saturated carbocycles. The van der Waals surface area contributed by atoms with Crippen molar-refractivity contribution in [3.63, 3.8) is 0 Å². The number of hydrogen-bond acceptors (Lipinski definition) is 14. The molecule has 18 heteroatoms. The predicted octanol–water partition coefficient (Wildman–Crippen LogP) is 12.6. The molecular formula is C69H116O14Si4. The van der Waals surface area contributed by atoms with Crippen LogP contribution in [0.5, 0.6) is 11.5 Å². The van der Waals surface area contributed by atoms with E-state index in [1.165, 1.54) is 31.9 Å². The largest absolute Gasteiger partial charge is 0.494 e. The van der Waals surface area contributed by atoms with Crippen LogP contribution in [0.2, 0.25) is 76.6 Å². The van der Waals surface area contributed by atoms with Gasteiger partial charge in [-0.05, 0) is 110 Å². The van der Waals surface area contributed by atoms with Crippen molar-refractivity contribution < 1.29 is 66.5 Å². The summed E-state index contributed by atoms with van der Waals surface area (Å²) in [6.45, 7) is 60.2. The molecule has 87 heavy (non-hydrogen) atoms. The zero-order valence-corrected chi connectivity index (χ0v) is 61.5. The van der Waals surface area contributed by atoms with Crippen molar-refractivity contribution in [1.29, 1.82) is 0 Å². The van der Waals surface area contributed by atoms with Crippen molar-refractivity contribution in [3.05, 3.63) is 84.0 Å². The van der Waals surface area contributed by atoms with Gasteiger partial charge < -0.3 is 47.4 Å². The first kappa shape index (κ1) is 78.7. The van der Waals surface area contributed by atoms with Crippen molar-refractivity contribution in [1.82, 2.24) is 0 Å². The molecule has 0 aliphatic heterocycles. The third-order valence-corrected chi connectivity index (χ3v) is 29.8. The van der Waals surface area contributed by atoms with Crippen molar-refractivity contribution in [2.45, 2.75) is 190 Å². The maximum Gasteiger partial charge on any atom is 0.333 e. The Labute approximate surface area is 530 Å². The topological polar surface area (TPSA) is 161 Å². The van der Waals surface area contributed by atoms with Gasteiger partial charge in [0.1, 0.15) is 37.9 Å². The molecule has 0 aliphatic carbocycles. The highest BCUT2D eigenvalue weighted by Crippen LogP contribution is 2.37. The molecule has 0 amide bonds. The Hall–Kier alpha value is -4.41. The van der Waals surface area contributed by atoms with Crippen LogP contribution in [0.3, 0.4) is 0 Å². The Morgan fingerprint density at radius 3 is 0.793 bits per heavy atom. The number of benzene rings is 2. The third kappa shape index (κ3) is 28.1. The first-order valence-electron chi connectivity index (χ1n) is 31.8. The Balaban J connectivity index is 3.00. The fraction of sp³-hybridized carbons (Fsp3) is 0.652. The minimum atomic E-state index is -2.32. The van der Waals surface area contributed by atoms with Gasteiger partial charge >= 0.3 is 23.9 Å². The lowest BCUT2D eigenvalue weighted by molar-refractivity contribution is -0.141. The molecule has 0 bridgehead atoms. The number of esters is 4. The number of carbonyl (C=O) groups is 4. The maximum atomic E-state index is 12.1. The Kier molecular flexibility index (Phi) is 34.7. The second-order valence-corrected chi connectivity index (χ2v) is 46.8. The highest BCUT2D eigenvalue weighted by Gasteiger charge is 2.40. The van der Waals surface area contributed by atoms with Gasteiger partial charge in [0.15, 0.2) is 0 Å². The highest BCUT2D eigenvalue weighted by atomic mass is 28.3. The van der Waals surface area contributed by atoms with Gasteiger partial charge in [0.05, 0.1) is 71.9 Å². The SMILES string of the molecule is C=C(C)C(=O)OCCOCCC[Si](C)(C)c1cc(C(C)(C)c2cc([Si](C)(C)CCCOCCOC(=O)C(=C)C)c(OCCC(C)C)c([Si](C)(C)CCCOCCOC(=O)C(=C)C)c2)cc([Si](C)(C)CCCOCCOC(=O)C(=C)C)c1OCCC(C)C. The first-order chi connectivity index (χ1) is 40.6. The van der Waals surface area contributed by atoms with Gasteiger partial charge in [-0.2, -0.15) is 0 Å². The minimum Gasteiger partial charge on any atom is -0.494 e. The Morgan fingerprint density at radius 1 is 0.379 bits per heavy atom. The van der Waals surface area contributed by atoms with Crippen LogP contribution in [0.15, 0.2) is 72.9 Å². The molecule has 2 aromatic carbocycles. The molecule has 0 heterocycles. The van der Waals surface area contributed by atoms with Crippen LogP contribution >= 0.6 is 0 Å². The zero-order valence-electron chi connectivity index (χ0n) is 57.5. The van der Waals surface area contributed by atoms with E-state index in [-0.39, 0.29) is 26.4 Å². The molecule has 0 spiro atoms. The van der Waals surface area contributed by atoms with E-state index in [0.29, 0.717) is 100 Å². The molecule has 0 radical (unpaired) electrons. The fourth-order valence-corrected chi connectivity index (χ4v) is 20.9. The molecule has 14 nitrogen and oxygen atoms in total. The van der Waals surface area contributed by atoms with Gasteiger partial charge in [-0.3, -0.25) is 0 Å². The molecule has 0 saturated heterocycles. The van der Waals surface area contributed by atoms with Crippen LogP contribution in [0.4, 0.5) is 0 Å². The van der Waals surface area contributed by atoms with Crippen molar-refractivity contribution in [3.8, 4) is 11.5 Å². The van der Waals surface area contributed by atoms with E-state index in [2.05, 4.69) is 144 Å². The summed E-state index contributed by atoms with van der Waals surface area (Å²) in [5.41, 5.74) is 3.47. The minimum absolute atomic E-state index is 0.178. The lowest BCUT2D eigenvalue weighted by atomic mass is 9.78. The van der Waals surface area contributed by atoms with E-state index in [4.69, 9.17) is 47.4 Å². The summed E-state index contributed by atoms with van der Waals surface area (Å²) >= 11 is 0. The quantitative estimate of drug-likeness (QED) is 0.0202. The molecule has 0 aliphatic rings. The van der Waals surface area contributed by atoms with Crippen LogP contribution in [0.1, 0.15) is 119 Å². The van der Waals surface area contributed by atoms with Gasteiger partial charge in [0, 0.05) is 54.1 Å². The zero-order chi connectivity index (χ0) is 65.8. The number of rotatable bonds is 46. The average Bonchev–Trinajstić information content (AvgIpc) is 0.926. The van der Waals surface area contributed by atoms with E-state index in [1.54, 1.807) is 27.7 Å². The molecule has 2 rings (SSSR count). The van der Waals surface area contributed by atoms with Crippen molar-refractivity contribution >= 4 is 76.9 Å². The van der Waals surface area contributed by atoms with Crippen LogP contribution in [0.25, 0.3) is 0 Å². The van der Waals surface area contributed by atoms with Crippen LogP contribution < -0.4 is 30.2 Å². The van der Waals surface area contributed by atoms with Gasteiger partial charge in [0.25, 0.3) is 0 Å². The van der Waals surface area contributed by atoms with Gasteiger partial charge in [-0.25, -0.2) is 19.2 Å². The monoisotopic (exact) mass is 1280 g/mol. The molecule has 492 valence electrons. The van der Waals surface area contributed by atoms with E-state index in [1.807, 2.05) is 0 Å².